The van der Waals surface area contributed by atoms with Gasteiger partial charge in [-0.15, -0.1) is 11.3 Å². The molecular weight excluding hydrogens is 298 g/mol. The first-order valence-corrected chi connectivity index (χ1v) is 8.21. The molecule has 0 bridgehead atoms. The fourth-order valence-corrected chi connectivity index (χ4v) is 3.66. The predicted octanol–water partition coefficient (Wildman–Crippen LogP) is 1.97. The molecule has 0 atom stereocenters. The van der Waals surface area contributed by atoms with Gasteiger partial charge in [-0.1, -0.05) is 18.2 Å². The van der Waals surface area contributed by atoms with Gasteiger partial charge in [0.25, 0.3) is 0 Å². The van der Waals surface area contributed by atoms with Crippen molar-refractivity contribution in [3.8, 4) is 0 Å². The molecule has 2 rings (SSSR count). The van der Waals surface area contributed by atoms with Crippen LogP contribution in [0, 0.1) is 0 Å². The third-order valence-electron chi connectivity index (χ3n) is 2.65. The molecular formula is C13H13NO4S2. The minimum atomic E-state index is -3.82. The Kier molecular flexibility index (Phi) is 4.53. The molecule has 2 N–H and O–H groups in total. The second-order valence-corrected chi connectivity index (χ2v) is 6.80. The van der Waals surface area contributed by atoms with E-state index in [-0.39, 0.29) is 17.0 Å². The SMILES string of the molecule is O=C(O)c1ccccc1S(=O)(=O)NCCc1cccs1. The van der Waals surface area contributed by atoms with Gasteiger partial charge < -0.3 is 5.11 Å². The number of nitrogens with one attached hydrogen (secondary N) is 1. The lowest BCUT2D eigenvalue weighted by molar-refractivity contribution is 0.0692. The van der Waals surface area contributed by atoms with Gasteiger partial charge in [-0.25, -0.2) is 17.9 Å². The molecule has 0 radical (unpaired) electrons. The first kappa shape index (κ1) is 14.7. The summed E-state index contributed by atoms with van der Waals surface area (Å²) in [6.07, 6.45) is 0.576. The average molecular weight is 311 g/mol. The molecule has 0 amide bonds. The van der Waals surface area contributed by atoms with Gasteiger partial charge in [-0.3, -0.25) is 0 Å². The van der Waals surface area contributed by atoms with Crippen LogP contribution in [0.3, 0.4) is 0 Å². The summed E-state index contributed by atoms with van der Waals surface area (Å²) in [5.41, 5.74) is -0.226. The van der Waals surface area contributed by atoms with E-state index >= 15 is 0 Å². The number of carboxylic acids is 1. The molecule has 106 valence electrons. The Morgan fingerprint density at radius 2 is 1.95 bits per heavy atom. The Labute approximate surface area is 120 Å². The van der Waals surface area contributed by atoms with Crippen LogP contribution in [0.25, 0.3) is 0 Å². The fourth-order valence-electron chi connectivity index (χ4n) is 1.72. The molecule has 0 aliphatic heterocycles. The molecule has 20 heavy (non-hydrogen) atoms. The lowest BCUT2D eigenvalue weighted by atomic mass is 10.2. The highest BCUT2D eigenvalue weighted by molar-refractivity contribution is 7.89. The largest absolute Gasteiger partial charge is 0.478 e. The van der Waals surface area contributed by atoms with Crippen molar-refractivity contribution in [2.75, 3.05) is 6.54 Å². The zero-order chi connectivity index (χ0) is 14.6. The summed E-state index contributed by atoms with van der Waals surface area (Å²) < 4.78 is 26.7. The van der Waals surface area contributed by atoms with Crippen molar-refractivity contribution in [1.29, 1.82) is 0 Å². The highest BCUT2D eigenvalue weighted by Gasteiger charge is 2.21. The van der Waals surface area contributed by atoms with Crippen LogP contribution in [0.2, 0.25) is 0 Å². The third kappa shape index (κ3) is 3.44. The Hall–Kier alpha value is -1.70. The second kappa shape index (κ2) is 6.17. The molecule has 0 saturated heterocycles. The summed E-state index contributed by atoms with van der Waals surface area (Å²) in [5.74, 6) is -1.26. The normalized spacial score (nSPS) is 11.4. The Morgan fingerprint density at radius 1 is 1.20 bits per heavy atom. The van der Waals surface area contributed by atoms with Crippen molar-refractivity contribution in [3.63, 3.8) is 0 Å². The highest BCUT2D eigenvalue weighted by atomic mass is 32.2. The molecule has 1 heterocycles. The van der Waals surface area contributed by atoms with Crippen LogP contribution in [-0.2, 0) is 16.4 Å². The van der Waals surface area contributed by atoms with E-state index in [2.05, 4.69) is 4.72 Å². The summed E-state index contributed by atoms with van der Waals surface area (Å²) in [4.78, 5) is 11.9. The van der Waals surface area contributed by atoms with Crippen molar-refractivity contribution in [1.82, 2.24) is 4.72 Å². The number of hydrogen-bond donors (Lipinski definition) is 2. The summed E-state index contributed by atoms with van der Waals surface area (Å²) in [6.45, 7) is 0.233. The van der Waals surface area contributed by atoms with E-state index in [9.17, 15) is 13.2 Å². The zero-order valence-electron chi connectivity index (χ0n) is 10.4. The van der Waals surface area contributed by atoms with Crippen molar-refractivity contribution in [2.45, 2.75) is 11.3 Å². The lowest BCUT2D eigenvalue weighted by Crippen LogP contribution is -2.27. The monoisotopic (exact) mass is 311 g/mol. The van der Waals surface area contributed by atoms with E-state index in [1.54, 1.807) is 11.3 Å². The minimum Gasteiger partial charge on any atom is -0.478 e. The average Bonchev–Trinajstić information content (AvgIpc) is 2.91. The summed E-state index contributed by atoms with van der Waals surface area (Å²) in [6, 6.07) is 9.37. The Morgan fingerprint density at radius 3 is 2.60 bits per heavy atom. The van der Waals surface area contributed by atoms with Gasteiger partial charge in [-0.05, 0) is 30.0 Å². The van der Waals surface area contributed by atoms with Crippen molar-refractivity contribution < 1.29 is 18.3 Å². The van der Waals surface area contributed by atoms with Crippen LogP contribution in [-0.4, -0.2) is 26.0 Å². The van der Waals surface area contributed by atoms with E-state index < -0.39 is 16.0 Å². The van der Waals surface area contributed by atoms with Gasteiger partial charge in [0.2, 0.25) is 10.0 Å². The van der Waals surface area contributed by atoms with Gasteiger partial charge in [0, 0.05) is 11.4 Å². The molecule has 0 unspecified atom stereocenters. The highest BCUT2D eigenvalue weighted by Crippen LogP contribution is 2.15. The van der Waals surface area contributed by atoms with Crippen LogP contribution >= 0.6 is 11.3 Å². The van der Waals surface area contributed by atoms with E-state index in [1.807, 2.05) is 17.5 Å². The van der Waals surface area contributed by atoms with Crippen molar-refractivity contribution >= 4 is 27.3 Å². The number of carboxylic acid groups (broad SMARTS) is 1. The van der Waals surface area contributed by atoms with Crippen molar-refractivity contribution in [2.24, 2.45) is 0 Å². The van der Waals surface area contributed by atoms with Crippen LogP contribution in [0.4, 0.5) is 0 Å². The number of thiophene rings is 1. The number of sulfonamides is 1. The molecule has 0 fully saturated rings. The van der Waals surface area contributed by atoms with Gasteiger partial charge >= 0.3 is 5.97 Å². The summed E-state index contributed by atoms with van der Waals surface area (Å²) in [7, 11) is -3.82. The predicted molar refractivity (Wildman–Crippen MR) is 76.6 cm³/mol. The maximum Gasteiger partial charge on any atom is 0.337 e. The first-order valence-electron chi connectivity index (χ1n) is 5.85. The standard InChI is InChI=1S/C13H13NO4S2/c15-13(16)11-5-1-2-6-12(11)20(17,18)14-8-7-10-4-3-9-19-10/h1-6,9,14H,7-8H2,(H,15,16). The van der Waals surface area contributed by atoms with E-state index in [1.165, 1.54) is 24.3 Å². The number of hydrogen-bond acceptors (Lipinski definition) is 4. The van der Waals surface area contributed by atoms with Gasteiger partial charge in [0.15, 0.2) is 0 Å². The number of carbonyl (C=O) groups is 1. The van der Waals surface area contributed by atoms with Crippen LogP contribution in [0.15, 0.2) is 46.7 Å². The van der Waals surface area contributed by atoms with Crippen molar-refractivity contribution in [3.05, 3.63) is 52.2 Å². The molecule has 1 aromatic carbocycles. The van der Waals surface area contributed by atoms with Crippen LogP contribution in [0.1, 0.15) is 15.2 Å². The maximum atomic E-state index is 12.1. The number of rotatable bonds is 6. The molecule has 1 aromatic heterocycles. The fraction of sp³-hybridized carbons (Fsp3) is 0.154. The number of benzene rings is 1. The Balaban J connectivity index is 2.12. The van der Waals surface area contributed by atoms with Crippen LogP contribution < -0.4 is 4.72 Å². The van der Waals surface area contributed by atoms with Gasteiger partial charge in [0.05, 0.1) is 10.5 Å². The zero-order valence-corrected chi connectivity index (χ0v) is 12.1. The maximum absolute atomic E-state index is 12.1. The lowest BCUT2D eigenvalue weighted by Gasteiger charge is -2.08. The summed E-state index contributed by atoms with van der Waals surface area (Å²) >= 11 is 1.55. The van der Waals surface area contributed by atoms with Gasteiger partial charge in [0.1, 0.15) is 0 Å². The summed E-state index contributed by atoms with van der Waals surface area (Å²) in [5, 5.41) is 10.9. The second-order valence-electron chi connectivity index (χ2n) is 4.03. The van der Waals surface area contributed by atoms with Gasteiger partial charge in [-0.2, -0.15) is 0 Å². The van der Waals surface area contributed by atoms with E-state index in [0.717, 1.165) is 4.88 Å². The smallest absolute Gasteiger partial charge is 0.337 e. The molecule has 0 aliphatic carbocycles. The first-order chi connectivity index (χ1) is 9.50. The number of aromatic carboxylic acids is 1. The molecule has 7 heteroatoms. The molecule has 5 nitrogen and oxygen atoms in total. The third-order valence-corrected chi connectivity index (χ3v) is 5.11. The molecule has 0 spiro atoms. The van der Waals surface area contributed by atoms with E-state index in [4.69, 9.17) is 5.11 Å². The molecule has 0 saturated carbocycles. The molecule has 0 aliphatic rings. The van der Waals surface area contributed by atoms with E-state index in [0.29, 0.717) is 6.42 Å². The topological polar surface area (TPSA) is 83.5 Å². The Bertz CT molecular complexity index is 693. The van der Waals surface area contributed by atoms with Crippen LogP contribution in [0.5, 0.6) is 0 Å². The minimum absolute atomic E-state index is 0.210. The quantitative estimate of drug-likeness (QED) is 0.854. The molecule has 2 aromatic rings.